The van der Waals surface area contributed by atoms with E-state index in [-0.39, 0.29) is 5.60 Å². The molecule has 2 aliphatic heterocycles. The van der Waals surface area contributed by atoms with Crippen LogP contribution in [-0.2, 0) is 9.47 Å². The number of aromatic nitrogens is 4. The van der Waals surface area contributed by atoms with Gasteiger partial charge in [-0.2, -0.15) is 10.2 Å². The van der Waals surface area contributed by atoms with Gasteiger partial charge in [0, 0.05) is 37.7 Å². The quantitative estimate of drug-likeness (QED) is 0.638. The zero-order valence-corrected chi connectivity index (χ0v) is 22.3. The van der Waals surface area contributed by atoms with Crippen LogP contribution in [0.5, 0.6) is 0 Å². The molecule has 2 aliphatic carbocycles. The Morgan fingerprint density at radius 2 is 1.83 bits per heavy atom. The molecule has 0 aromatic carbocycles. The third kappa shape index (κ3) is 5.04. The topological polar surface area (TPSA) is 77.3 Å². The number of nitrogens with one attached hydrogen (secondary N) is 1. The van der Waals surface area contributed by atoms with Crippen LogP contribution in [0.1, 0.15) is 81.2 Å². The molecule has 2 saturated heterocycles. The first-order valence-corrected chi connectivity index (χ1v) is 14.0. The predicted molar refractivity (Wildman–Crippen MR) is 140 cm³/mol. The number of ether oxygens (including phenoxy) is 2. The summed E-state index contributed by atoms with van der Waals surface area (Å²) in [6, 6.07) is 2.57. The van der Waals surface area contributed by atoms with Crippen molar-refractivity contribution in [1.82, 2.24) is 24.9 Å². The molecule has 0 radical (unpaired) electrons. The number of hydrogen-bond acceptors (Lipinski definition) is 7. The molecule has 2 aromatic heterocycles. The highest BCUT2D eigenvalue weighted by Gasteiger charge is 2.40. The minimum Gasteiger partial charge on any atom is -0.376 e. The highest BCUT2D eigenvalue weighted by atomic mass is 16.6. The molecule has 0 bridgehead atoms. The van der Waals surface area contributed by atoms with Gasteiger partial charge in [0.05, 0.1) is 48.7 Å². The molecule has 36 heavy (non-hydrogen) atoms. The van der Waals surface area contributed by atoms with E-state index in [2.05, 4.69) is 51.9 Å². The third-order valence-corrected chi connectivity index (χ3v) is 9.17. The van der Waals surface area contributed by atoms with Crippen LogP contribution in [-0.4, -0.2) is 76.0 Å². The maximum absolute atomic E-state index is 6.13. The molecule has 2 saturated carbocycles. The second kappa shape index (κ2) is 9.69. The largest absolute Gasteiger partial charge is 0.376 e. The lowest BCUT2D eigenvalue weighted by Gasteiger charge is -2.47. The summed E-state index contributed by atoms with van der Waals surface area (Å²) in [5, 5.41) is 17.3. The van der Waals surface area contributed by atoms with E-state index >= 15 is 0 Å². The fourth-order valence-electron chi connectivity index (χ4n) is 6.59. The van der Waals surface area contributed by atoms with Crippen LogP contribution in [0.25, 0.3) is 5.69 Å². The van der Waals surface area contributed by atoms with Crippen LogP contribution in [0.2, 0.25) is 0 Å². The van der Waals surface area contributed by atoms with Crippen molar-refractivity contribution in [3.05, 3.63) is 29.2 Å². The normalized spacial score (nSPS) is 28.9. The number of anilines is 1. The molecule has 0 unspecified atom stereocenters. The zero-order valence-electron chi connectivity index (χ0n) is 22.3. The van der Waals surface area contributed by atoms with E-state index in [0.29, 0.717) is 17.4 Å². The fraction of sp³-hybridized carbons (Fsp3) is 0.750. The SMILES string of the molecule is Cc1nn(-c2cnnc(NC3CCC(C)(CN4CCC5(CC4)COCCO5)CC3)c2)c(C2CC2)c1C. The van der Waals surface area contributed by atoms with E-state index in [4.69, 9.17) is 14.6 Å². The van der Waals surface area contributed by atoms with Crippen molar-refractivity contribution in [2.45, 2.75) is 89.7 Å². The summed E-state index contributed by atoms with van der Waals surface area (Å²) < 4.78 is 14.0. The van der Waals surface area contributed by atoms with Gasteiger partial charge in [-0.25, -0.2) is 4.68 Å². The summed E-state index contributed by atoms with van der Waals surface area (Å²) in [5.41, 5.74) is 5.16. The summed E-state index contributed by atoms with van der Waals surface area (Å²) in [7, 11) is 0. The first-order valence-electron chi connectivity index (χ1n) is 14.0. The van der Waals surface area contributed by atoms with Gasteiger partial charge in [-0.1, -0.05) is 6.92 Å². The molecule has 1 spiro atoms. The third-order valence-electron chi connectivity index (χ3n) is 9.17. The van der Waals surface area contributed by atoms with Gasteiger partial charge >= 0.3 is 0 Å². The second-order valence-corrected chi connectivity index (χ2v) is 12.2. The van der Waals surface area contributed by atoms with Gasteiger partial charge in [-0.05, 0) is 76.2 Å². The van der Waals surface area contributed by atoms with Crippen molar-refractivity contribution >= 4 is 5.82 Å². The van der Waals surface area contributed by atoms with Crippen molar-refractivity contribution in [3.8, 4) is 5.69 Å². The molecule has 8 nitrogen and oxygen atoms in total. The smallest absolute Gasteiger partial charge is 0.151 e. The van der Waals surface area contributed by atoms with E-state index in [1.165, 1.54) is 56.3 Å². The van der Waals surface area contributed by atoms with Crippen molar-refractivity contribution in [2.24, 2.45) is 5.41 Å². The molecule has 6 rings (SSSR count). The van der Waals surface area contributed by atoms with Gasteiger partial charge in [0.25, 0.3) is 0 Å². The molecule has 8 heteroatoms. The van der Waals surface area contributed by atoms with E-state index in [1.54, 1.807) is 0 Å². The van der Waals surface area contributed by atoms with Crippen molar-refractivity contribution < 1.29 is 9.47 Å². The number of piperidine rings is 1. The van der Waals surface area contributed by atoms with Gasteiger partial charge in [0.15, 0.2) is 5.82 Å². The highest BCUT2D eigenvalue weighted by molar-refractivity contribution is 5.46. The van der Waals surface area contributed by atoms with E-state index in [1.807, 2.05) is 6.20 Å². The standard InChI is InChI=1S/C28H42N6O2/c1-20-21(2)32-34(26(20)22-4-5-22)24-16-25(31-29-17-24)30-23-6-8-27(3,9-7-23)18-33-12-10-28(11-13-33)19-35-14-15-36-28/h16-17,22-23H,4-15,18-19H2,1-3H3,(H,30,31). The van der Waals surface area contributed by atoms with E-state index < -0.39 is 0 Å². The summed E-state index contributed by atoms with van der Waals surface area (Å²) >= 11 is 0. The lowest BCUT2D eigenvalue weighted by molar-refractivity contribution is -0.178. The minimum absolute atomic E-state index is 0.0141. The average Bonchev–Trinajstić information content (AvgIpc) is 3.68. The Bertz CT molecular complexity index is 1060. The molecule has 0 amide bonds. The van der Waals surface area contributed by atoms with Crippen molar-refractivity contribution in [2.75, 3.05) is 44.8 Å². The van der Waals surface area contributed by atoms with Crippen molar-refractivity contribution in [3.63, 3.8) is 0 Å². The number of hydrogen-bond donors (Lipinski definition) is 1. The Balaban J connectivity index is 1.03. The van der Waals surface area contributed by atoms with E-state index in [9.17, 15) is 0 Å². The first kappa shape index (κ1) is 24.3. The number of likely N-dealkylation sites (tertiary alicyclic amines) is 1. The second-order valence-electron chi connectivity index (χ2n) is 12.2. The number of nitrogens with zero attached hydrogens (tertiary/aromatic N) is 5. The molecule has 196 valence electrons. The Morgan fingerprint density at radius 1 is 1.06 bits per heavy atom. The summed E-state index contributed by atoms with van der Waals surface area (Å²) in [5.74, 6) is 1.51. The molecule has 4 aliphatic rings. The predicted octanol–water partition coefficient (Wildman–Crippen LogP) is 4.40. The maximum atomic E-state index is 6.13. The highest BCUT2D eigenvalue weighted by Crippen LogP contribution is 2.43. The average molecular weight is 495 g/mol. The van der Waals surface area contributed by atoms with E-state index in [0.717, 1.165) is 63.0 Å². The van der Waals surface area contributed by atoms with Crippen LogP contribution in [0.15, 0.2) is 12.3 Å². The Labute approximate surface area is 215 Å². The molecule has 4 heterocycles. The maximum Gasteiger partial charge on any atom is 0.151 e. The van der Waals surface area contributed by atoms with Crippen molar-refractivity contribution in [1.29, 1.82) is 0 Å². The molecular weight excluding hydrogens is 452 g/mol. The van der Waals surface area contributed by atoms with Gasteiger partial charge in [0.2, 0.25) is 0 Å². The van der Waals surface area contributed by atoms with Crippen LogP contribution in [0, 0.1) is 19.3 Å². The monoisotopic (exact) mass is 494 g/mol. The molecule has 1 N–H and O–H groups in total. The number of rotatable bonds is 6. The Hall–Kier alpha value is -2.03. The first-order chi connectivity index (χ1) is 17.4. The lowest BCUT2D eigenvalue weighted by atomic mass is 9.73. The zero-order chi connectivity index (χ0) is 24.8. The number of aryl methyl sites for hydroxylation is 1. The van der Waals surface area contributed by atoms with Gasteiger partial charge in [-0.3, -0.25) is 0 Å². The Kier molecular flexibility index (Phi) is 6.55. The summed E-state index contributed by atoms with van der Waals surface area (Å²) in [6.07, 6.45) is 11.4. The van der Waals surface area contributed by atoms with Crippen LogP contribution < -0.4 is 5.32 Å². The molecular formula is C28H42N6O2. The van der Waals surface area contributed by atoms with Crippen LogP contribution >= 0.6 is 0 Å². The fourth-order valence-corrected chi connectivity index (χ4v) is 6.59. The lowest BCUT2D eigenvalue weighted by Crippen LogP contribution is -2.53. The van der Waals surface area contributed by atoms with Gasteiger partial charge in [-0.15, -0.1) is 5.10 Å². The van der Waals surface area contributed by atoms with Gasteiger partial charge in [0.1, 0.15) is 0 Å². The molecule has 0 atom stereocenters. The summed E-state index contributed by atoms with van der Waals surface area (Å²) in [6.45, 7) is 12.5. The molecule has 4 fully saturated rings. The minimum atomic E-state index is -0.0141. The van der Waals surface area contributed by atoms with Gasteiger partial charge < -0.3 is 19.7 Å². The molecule has 2 aromatic rings. The Morgan fingerprint density at radius 3 is 2.53 bits per heavy atom. The van der Waals surface area contributed by atoms with Crippen LogP contribution in [0.3, 0.4) is 0 Å². The summed E-state index contributed by atoms with van der Waals surface area (Å²) in [4.78, 5) is 2.66. The van der Waals surface area contributed by atoms with Crippen LogP contribution in [0.4, 0.5) is 5.82 Å².